The fourth-order valence-electron chi connectivity index (χ4n) is 2.79. The van der Waals surface area contributed by atoms with Crippen LogP contribution in [-0.4, -0.2) is 24.8 Å². The molecule has 0 saturated heterocycles. The van der Waals surface area contributed by atoms with Crippen molar-refractivity contribution in [2.75, 3.05) is 13.7 Å². The Morgan fingerprint density at radius 1 is 1.25 bits per heavy atom. The van der Waals surface area contributed by atoms with Gasteiger partial charge in [0.05, 0.1) is 6.61 Å². The monoisotopic (exact) mass is 219 g/mol. The molecule has 2 heteroatoms. The van der Waals surface area contributed by atoms with E-state index in [0.29, 0.717) is 6.04 Å². The molecule has 2 nitrogen and oxygen atoms in total. The molecule has 0 amide bonds. The lowest BCUT2D eigenvalue weighted by Gasteiger charge is -2.39. The number of hydrogen-bond acceptors (Lipinski definition) is 2. The van der Waals surface area contributed by atoms with E-state index in [1.807, 2.05) is 13.1 Å². The minimum atomic E-state index is 0.00854. The lowest BCUT2D eigenvalue weighted by molar-refractivity contribution is 0.140. The van der Waals surface area contributed by atoms with Gasteiger partial charge in [0.1, 0.15) is 0 Å². The normalized spacial score (nSPS) is 30.2. The summed E-state index contributed by atoms with van der Waals surface area (Å²) in [6.07, 6.45) is 4.48. The largest absolute Gasteiger partial charge is 0.395 e. The summed E-state index contributed by atoms with van der Waals surface area (Å²) in [5.41, 5.74) is 1.31. The predicted molar refractivity (Wildman–Crippen MR) is 66.5 cm³/mol. The second-order valence-corrected chi connectivity index (χ2v) is 4.87. The van der Waals surface area contributed by atoms with Crippen LogP contribution in [0.5, 0.6) is 0 Å². The van der Waals surface area contributed by atoms with Crippen molar-refractivity contribution >= 4 is 0 Å². The van der Waals surface area contributed by atoms with Crippen molar-refractivity contribution in [1.29, 1.82) is 0 Å². The number of benzene rings is 1. The molecule has 0 bridgehead atoms. The summed E-state index contributed by atoms with van der Waals surface area (Å²) in [4.78, 5) is 0. The van der Waals surface area contributed by atoms with Crippen molar-refractivity contribution in [3.63, 3.8) is 0 Å². The Morgan fingerprint density at radius 3 is 2.38 bits per heavy atom. The molecular formula is C14H21NO. The van der Waals surface area contributed by atoms with E-state index in [1.54, 1.807) is 0 Å². The third-order valence-electron chi connectivity index (χ3n) is 4.04. The van der Waals surface area contributed by atoms with E-state index in [4.69, 9.17) is 0 Å². The SMILES string of the molecule is CNC1CCC(CO)(c2ccccc2)CC1. The summed E-state index contributed by atoms with van der Waals surface area (Å²) in [7, 11) is 2.03. The Morgan fingerprint density at radius 2 is 1.88 bits per heavy atom. The van der Waals surface area contributed by atoms with Crippen LogP contribution in [0.1, 0.15) is 31.2 Å². The van der Waals surface area contributed by atoms with Crippen molar-refractivity contribution in [1.82, 2.24) is 5.32 Å². The van der Waals surface area contributed by atoms with Crippen LogP contribution >= 0.6 is 0 Å². The van der Waals surface area contributed by atoms with Crippen molar-refractivity contribution in [2.45, 2.75) is 37.1 Å². The highest BCUT2D eigenvalue weighted by atomic mass is 16.3. The molecule has 0 unspecified atom stereocenters. The van der Waals surface area contributed by atoms with Gasteiger partial charge in [0.25, 0.3) is 0 Å². The van der Waals surface area contributed by atoms with Gasteiger partial charge in [0.15, 0.2) is 0 Å². The quantitative estimate of drug-likeness (QED) is 0.815. The molecule has 1 aliphatic rings. The first-order chi connectivity index (χ1) is 7.80. The van der Waals surface area contributed by atoms with Crippen LogP contribution in [0.2, 0.25) is 0 Å². The predicted octanol–water partition coefficient (Wildman–Crippen LogP) is 2.08. The Labute approximate surface area is 97.7 Å². The molecule has 1 aromatic rings. The molecule has 0 atom stereocenters. The zero-order chi connectivity index (χ0) is 11.4. The third kappa shape index (κ3) is 2.13. The van der Waals surface area contributed by atoms with Gasteiger partial charge in [-0.2, -0.15) is 0 Å². The summed E-state index contributed by atoms with van der Waals surface area (Å²) in [5.74, 6) is 0. The molecule has 1 aliphatic carbocycles. The molecule has 0 aromatic heterocycles. The maximum absolute atomic E-state index is 9.73. The first-order valence-electron chi connectivity index (χ1n) is 6.14. The standard InChI is InChI=1S/C14H21NO/c1-15-13-7-9-14(11-16,10-8-13)12-5-3-2-4-6-12/h2-6,13,15-16H,7-11H2,1H3. The molecule has 0 spiro atoms. The molecule has 1 aromatic carbocycles. The first-order valence-corrected chi connectivity index (χ1v) is 6.14. The second kappa shape index (κ2) is 4.98. The third-order valence-corrected chi connectivity index (χ3v) is 4.04. The fourth-order valence-corrected chi connectivity index (χ4v) is 2.79. The Bertz CT molecular complexity index is 315. The van der Waals surface area contributed by atoms with Gasteiger partial charge in [-0.25, -0.2) is 0 Å². The van der Waals surface area contributed by atoms with Crippen LogP contribution in [0.4, 0.5) is 0 Å². The number of aliphatic hydroxyl groups excluding tert-OH is 1. The van der Waals surface area contributed by atoms with E-state index < -0.39 is 0 Å². The molecule has 1 saturated carbocycles. The van der Waals surface area contributed by atoms with E-state index in [2.05, 4.69) is 29.6 Å². The van der Waals surface area contributed by atoms with E-state index in [-0.39, 0.29) is 12.0 Å². The molecule has 0 heterocycles. The van der Waals surface area contributed by atoms with Crippen LogP contribution in [0.25, 0.3) is 0 Å². The average molecular weight is 219 g/mol. The van der Waals surface area contributed by atoms with Gasteiger partial charge >= 0.3 is 0 Å². The maximum Gasteiger partial charge on any atom is 0.0527 e. The Balaban J connectivity index is 2.16. The van der Waals surface area contributed by atoms with Gasteiger partial charge in [-0.05, 0) is 38.3 Å². The lowest BCUT2D eigenvalue weighted by atomic mass is 9.69. The van der Waals surface area contributed by atoms with Crippen LogP contribution in [0.3, 0.4) is 0 Å². The molecule has 0 aliphatic heterocycles. The van der Waals surface area contributed by atoms with Gasteiger partial charge in [-0.3, -0.25) is 0 Å². The van der Waals surface area contributed by atoms with Crippen molar-refractivity contribution in [3.8, 4) is 0 Å². The Hall–Kier alpha value is -0.860. The number of aliphatic hydroxyl groups is 1. The first kappa shape index (κ1) is 11.6. The summed E-state index contributed by atoms with van der Waals surface area (Å²) in [6.45, 7) is 0.271. The highest BCUT2D eigenvalue weighted by molar-refractivity contribution is 5.26. The van der Waals surface area contributed by atoms with Crippen molar-refractivity contribution in [2.24, 2.45) is 0 Å². The lowest BCUT2D eigenvalue weighted by Crippen LogP contribution is -2.40. The van der Waals surface area contributed by atoms with Crippen molar-refractivity contribution in [3.05, 3.63) is 35.9 Å². The molecule has 2 rings (SSSR count). The molecule has 88 valence electrons. The van der Waals surface area contributed by atoms with E-state index >= 15 is 0 Å². The number of nitrogens with one attached hydrogen (secondary N) is 1. The molecule has 0 radical (unpaired) electrons. The van der Waals surface area contributed by atoms with Crippen LogP contribution < -0.4 is 5.32 Å². The van der Waals surface area contributed by atoms with Gasteiger partial charge in [0.2, 0.25) is 0 Å². The molecule has 2 N–H and O–H groups in total. The van der Waals surface area contributed by atoms with E-state index in [1.165, 1.54) is 5.56 Å². The van der Waals surface area contributed by atoms with Gasteiger partial charge in [0, 0.05) is 11.5 Å². The maximum atomic E-state index is 9.73. The highest BCUT2D eigenvalue weighted by Crippen LogP contribution is 2.38. The summed E-state index contributed by atoms with van der Waals surface area (Å²) >= 11 is 0. The summed E-state index contributed by atoms with van der Waals surface area (Å²) < 4.78 is 0. The number of hydrogen-bond donors (Lipinski definition) is 2. The van der Waals surface area contributed by atoms with Gasteiger partial charge in [-0.1, -0.05) is 30.3 Å². The highest BCUT2D eigenvalue weighted by Gasteiger charge is 2.35. The van der Waals surface area contributed by atoms with E-state index in [0.717, 1.165) is 25.7 Å². The minimum Gasteiger partial charge on any atom is -0.395 e. The Kier molecular flexibility index (Phi) is 3.62. The summed E-state index contributed by atoms with van der Waals surface area (Å²) in [5, 5.41) is 13.1. The fraction of sp³-hybridized carbons (Fsp3) is 0.571. The topological polar surface area (TPSA) is 32.3 Å². The summed E-state index contributed by atoms with van der Waals surface area (Å²) in [6, 6.07) is 11.1. The van der Waals surface area contributed by atoms with Crippen molar-refractivity contribution < 1.29 is 5.11 Å². The number of rotatable bonds is 3. The van der Waals surface area contributed by atoms with Crippen LogP contribution in [0.15, 0.2) is 30.3 Å². The molecular weight excluding hydrogens is 198 g/mol. The van der Waals surface area contributed by atoms with Crippen LogP contribution in [0, 0.1) is 0 Å². The average Bonchev–Trinajstić information content (AvgIpc) is 2.40. The van der Waals surface area contributed by atoms with E-state index in [9.17, 15) is 5.11 Å². The van der Waals surface area contributed by atoms with Crippen LogP contribution in [-0.2, 0) is 5.41 Å². The smallest absolute Gasteiger partial charge is 0.0527 e. The zero-order valence-electron chi connectivity index (χ0n) is 9.95. The molecule has 16 heavy (non-hydrogen) atoms. The van der Waals surface area contributed by atoms with Gasteiger partial charge < -0.3 is 10.4 Å². The second-order valence-electron chi connectivity index (χ2n) is 4.87. The minimum absolute atomic E-state index is 0.00854. The van der Waals surface area contributed by atoms with Gasteiger partial charge in [-0.15, -0.1) is 0 Å². The zero-order valence-corrected chi connectivity index (χ0v) is 9.95. The molecule has 1 fully saturated rings.